The second kappa shape index (κ2) is 14.9. The van der Waals surface area contributed by atoms with Crippen LogP contribution in [0.1, 0.15) is 38.5 Å². The number of ether oxygens (including phenoxy) is 3. The van der Waals surface area contributed by atoms with Gasteiger partial charge in [-0.1, -0.05) is 12.2 Å². The van der Waals surface area contributed by atoms with Gasteiger partial charge in [-0.3, -0.25) is 9.69 Å². The summed E-state index contributed by atoms with van der Waals surface area (Å²) >= 11 is 0. The molecular weight excluding hydrogens is 633 g/mol. The Morgan fingerprint density at radius 2 is 1.77 bits per heavy atom. The number of carbonyl (C=O) groups excluding carboxylic acids is 2. The van der Waals surface area contributed by atoms with Crippen molar-refractivity contribution in [3.05, 3.63) is 60.7 Å². The minimum atomic E-state index is -4.83. The van der Waals surface area contributed by atoms with Crippen LogP contribution in [0.5, 0.6) is 17.4 Å². The fraction of sp³-hybridized carbons (Fsp3) is 0.412. The number of aliphatic carboxylic acids is 1. The van der Waals surface area contributed by atoms with Crippen LogP contribution in [0.2, 0.25) is 0 Å². The van der Waals surface area contributed by atoms with Gasteiger partial charge in [-0.05, 0) is 86.0 Å². The van der Waals surface area contributed by atoms with Crippen molar-refractivity contribution in [3.63, 3.8) is 0 Å². The number of halogens is 3. The number of carbonyl (C=O) groups is 3. The van der Waals surface area contributed by atoms with E-state index in [1.54, 1.807) is 36.2 Å². The number of rotatable bonds is 6. The lowest BCUT2D eigenvalue weighted by Gasteiger charge is -2.24. The van der Waals surface area contributed by atoms with Crippen molar-refractivity contribution in [2.24, 2.45) is 0 Å². The Bertz CT molecular complexity index is 1660. The molecule has 3 heterocycles. The topological polar surface area (TPSA) is 132 Å². The molecule has 3 aromatic rings. The van der Waals surface area contributed by atoms with Crippen LogP contribution in [0.4, 0.5) is 18.0 Å². The molecule has 0 radical (unpaired) electrons. The maximum atomic E-state index is 13.7. The number of amides is 3. The summed E-state index contributed by atoms with van der Waals surface area (Å²) in [4.78, 5) is 45.9. The molecule has 0 saturated carbocycles. The van der Waals surface area contributed by atoms with E-state index in [-0.39, 0.29) is 37.0 Å². The van der Waals surface area contributed by atoms with Crippen LogP contribution in [0.25, 0.3) is 22.0 Å². The van der Waals surface area contributed by atoms with Crippen LogP contribution >= 0.6 is 0 Å². The highest BCUT2D eigenvalue weighted by Crippen LogP contribution is 2.34. The molecule has 1 aromatic heterocycles. The highest BCUT2D eigenvalue weighted by molar-refractivity contribution is 5.91. The average Bonchev–Trinajstić information content (AvgIpc) is 3.47. The molecule has 3 N–H and O–H groups in total. The van der Waals surface area contributed by atoms with Crippen LogP contribution in [-0.2, 0) is 9.59 Å². The zero-order chi connectivity index (χ0) is 34.4. The highest BCUT2D eigenvalue weighted by Gasteiger charge is 2.48. The number of hydrogen-bond acceptors (Lipinski definition) is 7. The molecule has 2 aliphatic heterocycles. The third-order valence-electron chi connectivity index (χ3n) is 8.49. The summed E-state index contributed by atoms with van der Waals surface area (Å²) in [5.41, 5.74) is 0.894. The Hall–Kier alpha value is -4.85. The predicted molar refractivity (Wildman–Crippen MR) is 169 cm³/mol. The summed E-state index contributed by atoms with van der Waals surface area (Å²) in [7, 11) is 3.20. The number of hydrogen-bond donors (Lipinski definition) is 3. The molecule has 0 bridgehead atoms. The van der Waals surface area contributed by atoms with Gasteiger partial charge in [0.25, 0.3) is 5.91 Å². The summed E-state index contributed by atoms with van der Waals surface area (Å²) in [6.45, 7) is 0.615. The van der Waals surface area contributed by atoms with Gasteiger partial charge in [-0.25, -0.2) is 19.5 Å². The number of pyridine rings is 1. The lowest BCUT2D eigenvalue weighted by atomic mass is 10.1. The van der Waals surface area contributed by atoms with Gasteiger partial charge in [0.1, 0.15) is 24.1 Å². The molecule has 256 valence electrons. The van der Waals surface area contributed by atoms with Crippen LogP contribution in [-0.4, -0.2) is 84.7 Å². The molecule has 48 heavy (non-hydrogen) atoms. The smallest absolute Gasteiger partial charge is 0.497 e. The SMILES string of the molecule is COc1ccc2c(OC3CC4C(=O)NC(C(=O)O)CCC=CCCCCN(C)C(=O)[NH+]4C3)nc(-c3ccc(OC(F)(F)F)cc3)cc2c1. The van der Waals surface area contributed by atoms with Crippen molar-refractivity contribution in [2.45, 2.75) is 63.1 Å². The first-order chi connectivity index (χ1) is 22.9. The monoisotopic (exact) mass is 671 g/mol. The fourth-order valence-electron chi connectivity index (χ4n) is 6.01. The lowest BCUT2D eigenvalue weighted by molar-refractivity contribution is -0.823. The highest BCUT2D eigenvalue weighted by atomic mass is 19.4. The van der Waals surface area contributed by atoms with Crippen molar-refractivity contribution in [1.29, 1.82) is 0 Å². The van der Waals surface area contributed by atoms with Crippen LogP contribution in [0.15, 0.2) is 60.7 Å². The van der Waals surface area contributed by atoms with Gasteiger partial charge in [0, 0.05) is 24.5 Å². The quantitative estimate of drug-likeness (QED) is 0.330. The summed E-state index contributed by atoms with van der Waals surface area (Å²) in [6, 6.07) is 9.96. The summed E-state index contributed by atoms with van der Waals surface area (Å²) in [6.07, 6.45) is 1.66. The summed E-state index contributed by atoms with van der Waals surface area (Å²) < 4.78 is 54.0. The van der Waals surface area contributed by atoms with Gasteiger partial charge in [-0.15, -0.1) is 13.2 Å². The number of quaternary nitrogens is 1. The Balaban J connectivity index is 1.46. The Labute approximate surface area is 275 Å². The summed E-state index contributed by atoms with van der Waals surface area (Å²) in [5.74, 6) is -1.33. The third-order valence-corrected chi connectivity index (χ3v) is 8.49. The molecule has 2 aromatic carbocycles. The molecular formula is C34H38F3N4O7+. The number of carboxylic acids is 1. The molecule has 5 rings (SSSR count). The van der Waals surface area contributed by atoms with Crippen molar-refractivity contribution in [2.75, 3.05) is 27.2 Å². The Morgan fingerprint density at radius 1 is 1.04 bits per heavy atom. The largest absolute Gasteiger partial charge is 0.573 e. The van der Waals surface area contributed by atoms with Gasteiger partial charge in [0.15, 0.2) is 12.1 Å². The number of alkyl halides is 3. The molecule has 0 spiro atoms. The lowest BCUT2D eigenvalue weighted by Crippen LogP contribution is -3.19. The first-order valence-corrected chi connectivity index (χ1v) is 15.7. The second-order valence-corrected chi connectivity index (χ2v) is 11.9. The molecule has 14 heteroatoms. The van der Waals surface area contributed by atoms with Gasteiger partial charge in [0.05, 0.1) is 19.2 Å². The number of methoxy groups -OCH3 is 1. The van der Waals surface area contributed by atoms with Crippen LogP contribution < -0.4 is 24.4 Å². The predicted octanol–water partition coefficient (Wildman–Crippen LogP) is 4.36. The zero-order valence-corrected chi connectivity index (χ0v) is 26.6. The number of fused-ring (bicyclic) bond motifs is 2. The number of nitrogens with zero attached hydrogens (tertiary/aromatic N) is 2. The van der Waals surface area contributed by atoms with Crippen molar-refractivity contribution >= 4 is 28.7 Å². The minimum absolute atomic E-state index is 0.111. The van der Waals surface area contributed by atoms with Crippen LogP contribution in [0.3, 0.4) is 0 Å². The molecule has 2 aliphatic rings. The van der Waals surface area contributed by atoms with Crippen molar-refractivity contribution in [3.8, 4) is 28.6 Å². The van der Waals surface area contributed by atoms with E-state index in [4.69, 9.17) is 14.5 Å². The molecule has 4 atom stereocenters. The normalized spacial score (nSPS) is 22.7. The van der Waals surface area contributed by atoms with E-state index in [1.807, 2.05) is 12.2 Å². The van der Waals surface area contributed by atoms with E-state index in [1.165, 1.54) is 31.4 Å². The van der Waals surface area contributed by atoms with E-state index >= 15 is 0 Å². The number of aromatic nitrogens is 1. The maximum Gasteiger partial charge on any atom is 0.573 e. The number of carboxylic acid groups (broad SMARTS) is 1. The van der Waals surface area contributed by atoms with E-state index in [0.29, 0.717) is 45.6 Å². The van der Waals surface area contributed by atoms with Gasteiger partial charge in [-0.2, -0.15) is 0 Å². The van der Waals surface area contributed by atoms with Crippen LogP contribution in [0, 0.1) is 0 Å². The Kier molecular flexibility index (Phi) is 10.7. The first kappa shape index (κ1) is 34.5. The molecule has 0 aliphatic carbocycles. The fourth-order valence-corrected chi connectivity index (χ4v) is 6.01. The second-order valence-electron chi connectivity index (χ2n) is 11.9. The van der Waals surface area contributed by atoms with Crippen molar-refractivity contribution < 1.29 is 51.8 Å². The van der Waals surface area contributed by atoms with E-state index < -0.39 is 36.4 Å². The minimum Gasteiger partial charge on any atom is -0.497 e. The number of allylic oxidation sites excluding steroid dienone is 2. The number of benzene rings is 2. The molecule has 11 nitrogen and oxygen atoms in total. The van der Waals surface area contributed by atoms with Gasteiger partial charge in [0.2, 0.25) is 5.88 Å². The molecule has 4 unspecified atom stereocenters. The average molecular weight is 672 g/mol. The van der Waals surface area contributed by atoms with Gasteiger partial charge < -0.3 is 24.6 Å². The molecule has 3 amide bonds. The number of nitrogens with one attached hydrogen (secondary N) is 2. The Morgan fingerprint density at radius 3 is 2.48 bits per heavy atom. The summed E-state index contributed by atoms with van der Waals surface area (Å²) in [5, 5.41) is 13.7. The third kappa shape index (κ3) is 8.54. The number of urea groups is 1. The zero-order valence-electron chi connectivity index (χ0n) is 26.6. The molecule has 1 saturated heterocycles. The van der Waals surface area contributed by atoms with Crippen molar-refractivity contribution in [1.82, 2.24) is 15.2 Å². The first-order valence-electron chi connectivity index (χ1n) is 15.7. The van der Waals surface area contributed by atoms with E-state index in [2.05, 4.69) is 10.1 Å². The van der Waals surface area contributed by atoms with E-state index in [0.717, 1.165) is 19.3 Å². The maximum absolute atomic E-state index is 13.7. The molecule has 1 fully saturated rings. The standard InChI is InChI=1S/C34H37F3N4O7/c1-40-16-8-6-4-3-5-7-9-27(32(43)44)38-30(42)29-19-25(20-41(29)33(40)45)47-31-26-15-14-24(46-2)17-22(26)18-28(39-31)21-10-12-23(13-11-21)48-34(35,36)37/h3,5,10-15,17-18,25,27,29H,4,6-9,16,19-20H2,1-2H3,(H,38,42)(H,43,44)/p+1. The van der Waals surface area contributed by atoms with E-state index in [9.17, 15) is 32.7 Å². The van der Waals surface area contributed by atoms with Gasteiger partial charge >= 0.3 is 18.4 Å².